The number of benzene rings is 2. The molecule has 10 heteroatoms. The number of nitrogens with one attached hydrogen (secondary N) is 1. The number of aryl methyl sites for hydroxylation is 2. The summed E-state index contributed by atoms with van der Waals surface area (Å²) in [6.45, 7) is 2.03. The molecule has 35 heavy (non-hydrogen) atoms. The number of fused-ring (bicyclic) bond motifs is 1. The van der Waals surface area contributed by atoms with Gasteiger partial charge in [0, 0.05) is 35.5 Å². The number of hydrogen-bond acceptors (Lipinski definition) is 7. The van der Waals surface area contributed by atoms with Gasteiger partial charge in [-0.25, -0.2) is 9.78 Å². The molecule has 180 valence electrons. The normalized spacial score (nSPS) is 10.8. The zero-order valence-corrected chi connectivity index (χ0v) is 20.1. The minimum Gasteiger partial charge on any atom is -0.493 e. The Hall–Kier alpha value is -4.18. The minimum absolute atomic E-state index is 0.0652. The van der Waals surface area contributed by atoms with E-state index in [0.717, 1.165) is 16.0 Å². The first-order valence-electron chi connectivity index (χ1n) is 10.7. The predicted octanol–water partition coefficient (Wildman–Crippen LogP) is 4.18. The summed E-state index contributed by atoms with van der Waals surface area (Å²) in [5.41, 5.74) is 1.47. The number of ether oxygens (including phenoxy) is 2. The van der Waals surface area contributed by atoms with E-state index in [1.54, 1.807) is 0 Å². The average Bonchev–Trinajstić information content (AvgIpc) is 3.20. The van der Waals surface area contributed by atoms with Crippen LogP contribution in [0.15, 0.2) is 53.6 Å². The molecule has 0 aliphatic heterocycles. The number of carbonyl (C=O) groups is 2. The molecule has 0 aliphatic rings. The number of aromatic carboxylic acids is 1. The lowest BCUT2D eigenvalue weighted by Crippen LogP contribution is -2.24. The Bertz CT molecular complexity index is 1480. The standard InChI is InChI=1S/C25H23N3O6S/c1-14-21(15-7-5-4-6-8-15)22-23(35-14)26-13-28(24(22)30)10-9-20(29)27-17-12-19(34-3)18(33-2)11-16(17)25(31)32/h4-8,11-13H,9-10H2,1-3H3,(H,27,29)(H,31,32). The highest BCUT2D eigenvalue weighted by Gasteiger charge is 2.19. The van der Waals surface area contributed by atoms with Gasteiger partial charge >= 0.3 is 5.97 Å². The van der Waals surface area contributed by atoms with Crippen LogP contribution in [0.1, 0.15) is 21.7 Å². The molecule has 2 N–H and O–H groups in total. The largest absolute Gasteiger partial charge is 0.493 e. The lowest BCUT2D eigenvalue weighted by molar-refractivity contribution is -0.116. The number of aromatic nitrogens is 2. The first-order valence-corrected chi connectivity index (χ1v) is 11.5. The van der Waals surface area contributed by atoms with E-state index in [-0.39, 0.29) is 41.3 Å². The van der Waals surface area contributed by atoms with Gasteiger partial charge in [0.15, 0.2) is 11.5 Å². The van der Waals surface area contributed by atoms with Gasteiger partial charge in [-0.05, 0) is 12.5 Å². The molecule has 0 bridgehead atoms. The number of carbonyl (C=O) groups excluding carboxylic acids is 1. The Labute approximate surface area is 204 Å². The van der Waals surface area contributed by atoms with E-state index in [2.05, 4.69) is 10.3 Å². The topological polar surface area (TPSA) is 120 Å². The van der Waals surface area contributed by atoms with Crippen LogP contribution in [0.2, 0.25) is 0 Å². The maximum Gasteiger partial charge on any atom is 0.337 e. The van der Waals surface area contributed by atoms with E-state index < -0.39 is 11.9 Å². The Balaban J connectivity index is 1.59. The number of carboxylic acid groups (broad SMARTS) is 1. The zero-order valence-electron chi connectivity index (χ0n) is 19.3. The Morgan fingerprint density at radius 1 is 1.11 bits per heavy atom. The molecular weight excluding hydrogens is 470 g/mol. The summed E-state index contributed by atoms with van der Waals surface area (Å²) in [6, 6.07) is 12.3. The number of anilines is 1. The highest BCUT2D eigenvalue weighted by Crippen LogP contribution is 2.35. The summed E-state index contributed by atoms with van der Waals surface area (Å²) < 4.78 is 11.7. The van der Waals surface area contributed by atoms with Crippen LogP contribution in [0.3, 0.4) is 0 Å². The van der Waals surface area contributed by atoms with Crippen molar-refractivity contribution in [2.24, 2.45) is 0 Å². The number of amides is 1. The summed E-state index contributed by atoms with van der Waals surface area (Å²) in [4.78, 5) is 43.7. The molecule has 9 nitrogen and oxygen atoms in total. The Morgan fingerprint density at radius 3 is 2.46 bits per heavy atom. The minimum atomic E-state index is -1.23. The molecule has 4 aromatic rings. The molecule has 0 unspecified atom stereocenters. The third-order valence-electron chi connectivity index (χ3n) is 5.53. The van der Waals surface area contributed by atoms with Crippen LogP contribution in [0.4, 0.5) is 5.69 Å². The van der Waals surface area contributed by atoms with E-state index in [1.165, 1.54) is 48.6 Å². The van der Waals surface area contributed by atoms with Crippen LogP contribution in [0.5, 0.6) is 11.5 Å². The Kier molecular flexibility index (Phi) is 6.83. The lowest BCUT2D eigenvalue weighted by atomic mass is 10.0. The smallest absolute Gasteiger partial charge is 0.337 e. The fourth-order valence-electron chi connectivity index (χ4n) is 3.84. The maximum atomic E-state index is 13.3. The van der Waals surface area contributed by atoms with Gasteiger partial charge < -0.3 is 19.9 Å². The molecule has 0 fully saturated rings. The van der Waals surface area contributed by atoms with Crippen molar-refractivity contribution in [1.82, 2.24) is 9.55 Å². The summed E-state index contributed by atoms with van der Waals surface area (Å²) >= 11 is 1.45. The van der Waals surface area contributed by atoms with Crippen LogP contribution in [-0.2, 0) is 11.3 Å². The average molecular weight is 494 g/mol. The number of carboxylic acids is 1. The maximum absolute atomic E-state index is 13.3. The van der Waals surface area contributed by atoms with Crippen LogP contribution < -0.4 is 20.3 Å². The molecule has 0 saturated heterocycles. The van der Waals surface area contributed by atoms with Crippen LogP contribution in [0.25, 0.3) is 21.3 Å². The van der Waals surface area contributed by atoms with Gasteiger partial charge in [0.05, 0.1) is 37.2 Å². The second kappa shape index (κ2) is 9.98. The molecule has 0 saturated carbocycles. The molecule has 2 aromatic heterocycles. The van der Waals surface area contributed by atoms with Crippen molar-refractivity contribution in [3.8, 4) is 22.6 Å². The van der Waals surface area contributed by atoms with Crippen molar-refractivity contribution < 1.29 is 24.2 Å². The van der Waals surface area contributed by atoms with Gasteiger partial charge in [-0.2, -0.15) is 0 Å². The second-order valence-electron chi connectivity index (χ2n) is 7.68. The number of thiophene rings is 1. The monoisotopic (exact) mass is 493 g/mol. The number of hydrogen-bond donors (Lipinski definition) is 2. The van der Waals surface area contributed by atoms with E-state index in [9.17, 15) is 19.5 Å². The molecular formula is C25H23N3O6S. The van der Waals surface area contributed by atoms with Gasteiger partial charge in [0.2, 0.25) is 5.91 Å². The molecule has 0 aliphatic carbocycles. The molecule has 2 heterocycles. The number of nitrogens with zero attached hydrogens (tertiary/aromatic N) is 2. The highest BCUT2D eigenvalue weighted by atomic mass is 32.1. The number of rotatable bonds is 8. The van der Waals surface area contributed by atoms with Gasteiger partial charge in [0.1, 0.15) is 4.83 Å². The second-order valence-corrected chi connectivity index (χ2v) is 8.88. The van der Waals surface area contributed by atoms with E-state index in [4.69, 9.17) is 9.47 Å². The fraction of sp³-hybridized carbons (Fsp3) is 0.200. The third-order valence-corrected chi connectivity index (χ3v) is 6.54. The summed E-state index contributed by atoms with van der Waals surface area (Å²) in [5, 5.41) is 12.6. The van der Waals surface area contributed by atoms with Crippen LogP contribution in [0, 0.1) is 6.92 Å². The van der Waals surface area contributed by atoms with Crippen LogP contribution >= 0.6 is 11.3 Å². The van der Waals surface area contributed by atoms with Crippen molar-refractivity contribution in [2.45, 2.75) is 19.9 Å². The Morgan fingerprint density at radius 2 is 1.80 bits per heavy atom. The highest BCUT2D eigenvalue weighted by molar-refractivity contribution is 7.19. The zero-order chi connectivity index (χ0) is 25.1. The molecule has 2 aromatic carbocycles. The fourth-order valence-corrected chi connectivity index (χ4v) is 4.85. The summed E-state index contributed by atoms with van der Waals surface area (Å²) in [5.74, 6) is -1.18. The van der Waals surface area contributed by atoms with Gasteiger partial charge in [-0.3, -0.25) is 14.2 Å². The molecule has 0 spiro atoms. The van der Waals surface area contributed by atoms with E-state index in [0.29, 0.717) is 10.2 Å². The summed E-state index contributed by atoms with van der Waals surface area (Å²) in [6.07, 6.45) is 1.37. The van der Waals surface area contributed by atoms with Crippen molar-refractivity contribution in [3.63, 3.8) is 0 Å². The number of methoxy groups -OCH3 is 2. The molecule has 4 rings (SSSR count). The first kappa shape index (κ1) is 24.0. The molecule has 0 radical (unpaired) electrons. The SMILES string of the molecule is COc1cc(NC(=O)CCn2cnc3sc(C)c(-c4ccccc4)c3c2=O)c(C(=O)O)cc1OC. The quantitative estimate of drug-likeness (QED) is 0.378. The first-order chi connectivity index (χ1) is 16.8. The molecule has 1 amide bonds. The van der Waals surface area contributed by atoms with Gasteiger partial charge in [0.25, 0.3) is 5.56 Å². The van der Waals surface area contributed by atoms with Crippen molar-refractivity contribution >= 4 is 39.1 Å². The molecule has 0 atom stereocenters. The van der Waals surface area contributed by atoms with Gasteiger partial charge in [-0.1, -0.05) is 30.3 Å². The lowest BCUT2D eigenvalue weighted by Gasteiger charge is -2.14. The van der Waals surface area contributed by atoms with Crippen molar-refractivity contribution in [1.29, 1.82) is 0 Å². The van der Waals surface area contributed by atoms with Crippen molar-refractivity contribution in [3.05, 3.63) is 69.6 Å². The van der Waals surface area contributed by atoms with Crippen molar-refractivity contribution in [2.75, 3.05) is 19.5 Å². The van der Waals surface area contributed by atoms with E-state index in [1.807, 2.05) is 37.3 Å². The third kappa shape index (κ3) is 4.73. The predicted molar refractivity (Wildman–Crippen MR) is 134 cm³/mol. The van der Waals surface area contributed by atoms with Gasteiger partial charge in [-0.15, -0.1) is 11.3 Å². The van der Waals surface area contributed by atoms with Crippen LogP contribution in [-0.4, -0.2) is 40.8 Å². The van der Waals surface area contributed by atoms with E-state index >= 15 is 0 Å². The summed E-state index contributed by atoms with van der Waals surface area (Å²) in [7, 11) is 2.80.